The van der Waals surface area contributed by atoms with Crippen LogP contribution in [0.5, 0.6) is 5.75 Å². The van der Waals surface area contributed by atoms with Crippen molar-refractivity contribution in [1.29, 1.82) is 0 Å². The second kappa shape index (κ2) is 7.21. The Balaban J connectivity index is 1.60. The number of benzene rings is 1. The number of carbonyl (C=O) groups is 2. The molecule has 1 saturated heterocycles. The normalized spacial score (nSPS) is 17.5. The summed E-state index contributed by atoms with van der Waals surface area (Å²) in [6.45, 7) is 1.01. The van der Waals surface area contributed by atoms with Crippen molar-refractivity contribution >= 4 is 11.9 Å². The molecule has 1 amide bonds. The third-order valence-corrected chi connectivity index (χ3v) is 4.05. The number of carbonyl (C=O) groups excluding carboxylic acids is 1. The maximum absolute atomic E-state index is 12.5. The monoisotopic (exact) mass is 329 g/mol. The molecular formula is C18H19NO5. The highest BCUT2D eigenvalue weighted by atomic mass is 16.5. The lowest BCUT2D eigenvalue weighted by Gasteiger charge is -2.29. The minimum Gasteiger partial charge on any atom is -0.486 e. The fourth-order valence-corrected chi connectivity index (χ4v) is 2.76. The molecule has 3 rings (SSSR count). The van der Waals surface area contributed by atoms with Crippen LogP contribution in [0.15, 0.2) is 46.9 Å². The van der Waals surface area contributed by atoms with E-state index in [2.05, 4.69) is 0 Å². The van der Waals surface area contributed by atoms with E-state index in [-0.39, 0.29) is 24.8 Å². The first-order valence-corrected chi connectivity index (χ1v) is 7.92. The van der Waals surface area contributed by atoms with Gasteiger partial charge < -0.3 is 19.2 Å². The van der Waals surface area contributed by atoms with E-state index in [0.29, 0.717) is 25.1 Å². The van der Waals surface area contributed by atoms with Gasteiger partial charge >= 0.3 is 5.97 Å². The summed E-state index contributed by atoms with van der Waals surface area (Å²) >= 11 is 0. The van der Waals surface area contributed by atoms with E-state index in [0.717, 1.165) is 5.75 Å². The summed E-state index contributed by atoms with van der Waals surface area (Å²) in [6.07, 6.45) is 1.29. The zero-order chi connectivity index (χ0) is 16.9. The molecule has 0 unspecified atom stereocenters. The van der Waals surface area contributed by atoms with Crippen molar-refractivity contribution in [2.75, 3.05) is 13.1 Å². The van der Waals surface area contributed by atoms with Crippen molar-refractivity contribution in [2.24, 2.45) is 5.92 Å². The standard InChI is InChI=1S/C18H19NO5/c20-17(19-10-4-5-13(11-19)18(21)22)16-9-8-15(24-16)12-23-14-6-2-1-3-7-14/h1-3,6-9,13H,4-5,10-12H2,(H,21,22)/t13-/m1/s1. The number of likely N-dealkylation sites (tertiary alicyclic amines) is 1. The number of hydrogen-bond acceptors (Lipinski definition) is 4. The summed E-state index contributed by atoms with van der Waals surface area (Å²) in [7, 11) is 0. The molecule has 1 N–H and O–H groups in total. The highest BCUT2D eigenvalue weighted by Crippen LogP contribution is 2.20. The molecule has 0 spiro atoms. The molecule has 0 saturated carbocycles. The Morgan fingerprint density at radius 3 is 2.75 bits per heavy atom. The molecule has 2 heterocycles. The van der Waals surface area contributed by atoms with Crippen LogP contribution in [0.1, 0.15) is 29.2 Å². The smallest absolute Gasteiger partial charge is 0.308 e. The Morgan fingerprint density at radius 1 is 1.21 bits per heavy atom. The van der Waals surface area contributed by atoms with E-state index in [4.69, 9.17) is 14.3 Å². The first kappa shape index (κ1) is 16.1. The molecule has 1 atom stereocenters. The Kier molecular flexibility index (Phi) is 4.84. The van der Waals surface area contributed by atoms with E-state index in [1.165, 1.54) is 0 Å². The zero-order valence-electron chi connectivity index (χ0n) is 13.2. The van der Waals surface area contributed by atoms with Crippen molar-refractivity contribution in [2.45, 2.75) is 19.4 Å². The largest absolute Gasteiger partial charge is 0.486 e. The number of nitrogens with zero attached hydrogens (tertiary/aromatic N) is 1. The minimum atomic E-state index is -0.858. The number of carboxylic acids is 1. The lowest BCUT2D eigenvalue weighted by atomic mass is 9.98. The van der Waals surface area contributed by atoms with Gasteiger partial charge in [-0.25, -0.2) is 0 Å². The van der Waals surface area contributed by atoms with Crippen LogP contribution in [0, 0.1) is 5.92 Å². The number of para-hydroxylation sites is 1. The molecule has 0 aliphatic carbocycles. The van der Waals surface area contributed by atoms with Gasteiger partial charge in [0.15, 0.2) is 5.76 Å². The number of amides is 1. The third kappa shape index (κ3) is 3.76. The molecule has 1 aliphatic rings. The summed E-state index contributed by atoms with van der Waals surface area (Å²) in [5, 5.41) is 9.11. The molecule has 0 radical (unpaired) electrons. The van der Waals surface area contributed by atoms with Crippen LogP contribution in [0.2, 0.25) is 0 Å². The Bertz CT molecular complexity index is 709. The van der Waals surface area contributed by atoms with E-state index in [1.54, 1.807) is 17.0 Å². The molecule has 1 aromatic carbocycles. The topological polar surface area (TPSA) is 80.0 Å². The predicted molar refractivity (Wildman–Crippen MR) is 85.7 cm³/mol. The van der Waals surface area contributed by atoms with Crippen molar-refractivity contribution in [3.8, 4) is 5.75 Å². The number of furan rings is 1. The maximum Gasteiger partial charge on any atom is 0.308 e. The molecule has 1 aliphatic heterocycles. The van der Waals surface area contributed by atoms with Gasteiger partial charge in [0.1, 0.15) is 18.1 Å². The van der Waals surface area contributed by atoms with Gasteiger partial charge in [-0.1, -0.05) is 18.2 Å². The van der Waals surface area contributed by atoms with Gasteiger partial charge in [0.25, 0.3) is 5.91 Å². The summed E-state index contributed by atoms with van der Waals surface area (Å²) in [4.78, 5) is 25.1. The average molecular weight is 329 g/mol. The van der Waals surface area contributed by atoms with Gasteiger partial charge in [-0.05, 0) is 37.1 Å². The molecule has 6 nitrogen and oxygen atoms in total. The van der Waals surface area contributed by atoms with Crippen molar-refractivity contribution in [1.82, 2.24) is 4.90 Å². The molecule has 2 aromatic rings. The average Bonchev–Trinajstić information content (AvgIpc) is 3.09. The Morgan fingerprint density at radius 2 is 2.00 bits per heavy atom. The highest BCUT2D eigenvalue weighted by molar-refractivity contribution is 5.92. The predicted octanol–water partition coefficient (Wildman–Crippen LogP) is 2.80. The SMILES string of the molecule is O=C(O)[C@@H]1CCCN(C(=O)c2ccc(COc3ccccc3)o2)C1. The second-order valence-corrected chi connectivity index (χ2v) is 5.80. The van der Waals surface area contributed by atoms with E-state index < -0.39 is 11.9 Å². The molecule has 126 valence electrons. The van der Waals surface area contributed by atoms with Crippen LogP contribution >= 0.6 is 0 Å². The van der Waals surface area contributed by atoms with E-state index >= 15 is 0 Å². The van der Waals surface area contributed by atoms with Crippen LogP contribution in [-0.4, -0.2) is 35.0 Å². The van der Waals surface area contributed by atoms with Crippen LogP contribution < -0.4 is 4.74 Å². The van der Waals surface area contributed by atoms with E-state index in [1.807, 2.05) is 30.3 Å². The number of rotatable bonds is 5. The molecule has 1 aromatic heterocycles. The number of piperidine rings is 1. The van der Waals surface area contributed by atoms with Crippen molar-refractivity contribution in [3.63, 3.8) is 0 Å². The fourth-order valence-electron chi connectivity index (χ4n) is 2.76. The van der Waals surface area contributed by atoms with Crippen LogP contribution in [0.3, 0.4) is 0 Å². The highest BCUT2D eigenvalue weighted by Gasteiger charge is 2.29. The molecular weight excluding hydrogens is 310 g/mol. The van der Waals surface area contributed by atoms with Gasteiger partial charge in [0.2, 0.25) is 0 Å². The van der Waals surface area contributed by atoms with Crippen molar-refractivity contribution < 1.29 is 23.8 Å². The van der Waals surface area contributed by atoms with Gasteiger partial charge in [-0.2, -0.15) is 0 Å². The summed E-state index contributed by atoms with van der Waals surface area (Å²) in [5.74, 6) is -0.141. The van der Waals surface area contributed by atoms with Crippen LogP contribution in [-0.2, 0) is 11.4 Å². The maximum atomic E-state index is 12.5. The van der Waals surface area contributed by atoms with Crippen molar-refractivity contribution in [3.05, 3.63) is 54.0 Å². The lowest BCUT2D eigenvalue weighted by Crippen LogP contribution is -2.42. The van der Waals surface area contributed by atoms with Gasteiger partial charge in [0.05, 0.1) is 5.92 Å². The summed E-state index contributed by atoms with van der Waals surface area (Å²) < 4.78 is 11.1. The first-order valence-electron chi connectivity index (χ1n) is 7.92. The van der Waals surface area contributed by atoms with Gasteiger partial charge in [-0.3, -0.25) is 9.59 Å². The minimum absolute atomic E-state index is 0.215. The van der Waals surface area contributed by atoms with Crippen LogP contribution in [0.25, 0.3) is 0 Å². The fraction of sp³-hybridized carbons (Fsp3) is 0.333. The molecule has 24 heavy (non-hydrogen) atoms. The molecule has 1 fully saturated rings. The van der Waals surface area contributed by atoms with Gasteiger partial charge in [0, 0.05) is 13.1 Å². The molecule has 6 heteroatoms. The number of carboxylic acid groups (broad SMARTS) is 1. The number of ether oxygens (including phenoxy) is 1. The van der Waals surface area contributed by atoms with Crippen LogP contribution in [0.4, 0.5) is 0 Å². The summed E-state index contributed by atoms with van der Waals surface area (Å²) in [5.41, 5.74) is 0. The number of hydrogen-bond donors (Lipinski definition) is 1. The lowest BCUT2D eigenvalue weighted by molar-refractivity contribution is -0.143. The number of aliphatic carboxylic acids is 1. The third-order valence-electron chi connectivity index (χ3n) is 4.05. The first-order chi connectivity index (χ1) is 11.6. The Labute approximate surface area is 139 Å². The van der Waals surface area contributed by atoms with Gasteiger partial charge in [-0.15, -0.1) is 0 Å². The second-order valence-electron chi connectivity index (χ2n) is 5.80. The zero-order valence-corrected chi connectivity index (χ0v) is 13.2. The Hall–Kier alpha value is -2.76. The molecule has 0 bridgehead atoms. The quantitative estimate of drug-likeness (QED) is 0.912. The summed E-state index contributed by atoms with van der Waals surface area (Å²) in [6, 6.07) is 12.7. The van der Waals surface area contributed by atoms with E-state index in [9.17, 15) is 9.59 Å².